The molecule has 0 heterocycles. The molecule has 0 spiro atoms. The van der Waals surface area contributed by atoms with Gasteiger partial charge in [0, 0.05) is 6.04 Å². The van der Waals surface area contributed by atoms with E-state index in [-0.39, 0.29) is 5.91 Å². The summed E-state index contributed by atoms with van der Waals surface area (Å²) in [7, 11) is 0. The molecule has 2 nitrogen and oxygen atoms in total. The van der Waals surface area contributed by atoms with Gasteiger partial charge in [-0.1, -0.05) is 30.2 Å². The highest BCUT2D eigenvalue weighted by Crippen LogP contribution is 2.44. The van der Waals surface area contributed by atoms with E-state index in [2.05, 4.69) is 37.4 Å². The number of carbonyl (C=O) groups is 1. The van der Waals surface area contributed by atoms with Crippen LogP contribution in [0.2, 0.25) is 0 Å². The lowest BCUT2D eigenvalue weighted by atomic mass is 9.95. The Kier molecular flexibility index (Phi) is 3.34. The summed E-state index contributed by atoms with van der Waals surface area (Å²) in [4.78, 5) is 12.2. The predicted molar refractivity (Wildman–Crippen MR) is 77.0 cm³/mol. The van der Waals surface area contributed by atoms with Crippen molar-refractivity contribution in [3.05, 3.63) is 34.9 Å². The van der Waals surface area contributed by atoms with Gasteiger partial charge in [-0.2, -0.15) is 0 Å². The Bertz CT molecular complexity index is 494. The van der Waals surface area contributed by atoms with Crippen molar-refractivity contribution in [3.8, 4) is 0 Å². The molecule has 2 saturated carbocycles. The summed E-state index contributed by atoms with van der Waals surface area (Å²) in [5.74, 6) is 1.84. The molecule has 0 aromatic heterocycles. The van der Waals surface area contributed by atoms with Crippen molar-refractivity contribution in [2.24, 2.45) is 11.8 Å². The van der Waals surface area contributed by atoms with Gasteiger partial charge in [-0.15, -0.1) is 0 Å². The van der Waals surface area contributed by atoms with E-state index < -0.39 is 0 Å². The first kappa shape index (κ1) is 12.7. The summed E-state index contributed by atoms with van der Waals surface area (Å²) in [5, 5.41) is 3.26. The number of nitrogens with one attached hydrogen (secondary N) is 1. The molecule has 0 aliphatic heterocycles. The van der Waals surface area contributed by atoms with Crippen LogP contribution in [0.3, 0.4) is 0 Å². The predicted octanol–water partition coefficient (Wildman–Crippen LogP) is 3.15. The summed E-state index contributed by atoms with van der Waals surface area (Å²) in [6, 6.07) is 6.79. The number of benzene rings is 1. The van der Waals surface area contributed by atoms with E-state index in [1.165, 1.54) is 36.8 Å². The Balaban J connectivity index is 1.59. The van der Waals surface area contributed by atoms with Gasteiger partial charge >= 0.3 is 0 Å². The van der Waals surface area contributed by atoms with Crippen LogP contribution in [0, 0.1) is 25.7 Å². The first-order valence-electron chi connectivity index (χ1n) is 7.47. The van der Waals surface area contributed by atoms with Crippen LogP contribution in [0.25, 0.3) is 0 Å². The van der Waals surface area contributed by atoms with Crippen molar-refractivity contribution in [3.63, 3.8) is 0 Å². The maximum Gasteiger partial charge on any atom is 0.224 e. The van der Waals surface area contributed by atoms with Crippen molar-refractivity contribution in [2.45, 2.75) is 52.0 Å². The SMILES string of the molecule is Cc1ccc(CC(=O)N[C@H]2C[C@H]3CC[C@H]2C3)c(C)c1. The first-order valence-corrected chi connectivity index (χ1v) is 7.47. The molecule has 0 unspecified atom stereocenters. The van der Waals surface area contributed by atoms with E-state index in [4.69, 9.17) is 0 Å². The van der Waals surface area contributed by atoms with Gasteiger partial charge < -0.3 is 5.32 Å². The number of rotatable bonds is 3. The minimum atomic E-state index is 0.199. The molecule has 1 N–H and O–H groups in total. The number of carbonyl (C=O) groups excluding carboxylic acids is 1. The molecule has 1 aromatic rings. The van der Waals surface area contributed by atoms with E-state index in [1.807, 2.05) is 0 Å². The molecular formula is C17H23NO. The number of amides is 1. The molecule has 0 saturated heterocycles. The maximum atomic E-state index is 12.2. The average molecular weight is 257 g/mol. The van der Waals surface area contributed by atoms with Crippen LogP contribution in [-0.4, -0.2) is 11.9 Å². The van der Waals surface area contributed by atoms with E-state index >= 15 is 0 Å². The minimum Gasteiger partial charge on any atom is -0.353 e. The molecule has 2 fully saturated rings. The van der Waals surface area contributed by atoms with Gasteiger partial charge in [0.1, 0.15) is 0 Å². The quantitative estimate of drug-likeness (QED) is 0.885. The molecule has 3 rings (SSSR count). The third-order valence-electron chi connectivity index (χ3n) is 4.93. The van der Waals surface area contributed by atoms with Crippen molar-refractivity contribution in [1.29, 1.82) is 0 Å². The molecule has 2 bridgehead atoms. The second-order valence-corrected chi connectivity index (χ2v) is 6.46. The van der Waals surface area contributed by atoms with Crippen molar-refractivity contribution < 1.29 is 4.79 Å². The van der Waals surface area contributed by atoms with Crippen LogP contribution in [0.4, 0.5) is 0 Å². The van der Waals surface area contributed by atoms with Gasteiger partial charge in [0.05, 0.1) is 6.42 Å². The summed E-state index contributed by atoms with van der Waals surface area (Å²) in [6.45, 7) is 4.18. The Morgan fingerprint density at radius 1 is 1.26 bits per heavy atom. The van der Waals surface area contributed by atoms with E-state index in [9.17, 15) is 4.79 Å². The summed E-state index contributed by atoms with van der Waals surface area (Å²) in [6.07, 6.45) is 5.78. The van der Waals surface area contributed by atoms with Gasteiger partial charge in [-0.3, -0.25) is 4.79 Å². The van der Waals surface area contributed by atoms with Crippen LogP contribution in [0.5, 0.6) is 0 Å². The van der Waals surface area contributed by atoms with E-state index in [1.54, 1.807) is 0 Å². The third kappa shape index (κ3) is 2.68. The molecule has 3 atom stereocenters. The van der Waals surface area contributed by atoms with Gasteiger partial charge in [-0.25, -0.2) is 0 Å². The molecular weight excluding hydrogens is 234 g/mol. The topological polar surface area (TPSA) is 29.1 Å². The fourth-order valence-electron chi connectivity index (χ4n) is 3.90. The number of hydrogen-bond acceptors (Lipinski definition) is 1. The smallest absolute Gasteiger partial charge is 0.224 e. The van der Waals surface area contributed by atoms with Crippen LogP contribution < -0.4 is 5.32 Å². The fraction of sp³-hybridized carbons (Fsp3) is 0.588. The second kappa shape index (κ2) is 4.99. The molecule has 0 radical (unpaired) electrons. The Morgan fingerprint density at radius 2 is 2.11 bits per heavy atom. The van der Waals surface area contributed by atoms with Gasteiger partial charge in [0.15, 0.2) is 0 Å². The van der Waals surface area contributed by atoms with Gasteiger partial charge in [-0.05, 0) is 56.1 Å². The zero-order valence-corrected chi connectivity index (χ0v) is 11.9. The van der Waals surface area contributed by atoms with Crippen LogP contribution in [0.15, 0.2) is 18.2 Å². The lowest BCUT2D eigenvalue weighted by molar-refractivity contribution is -0.121. The monoisotopic (exact) mass is 257 g/mol. The fourth-order valence-corrected chi connectivity index (χ4v) is 3.90. The lowest BCUT2D eigenvalue weighted by Crippen LogP contribution is -2.39. The molecule has 102 valence electrons. The van der Waals surface area contributed by atoms with E-state index in [0.29, 0.717) is 12.5 Å². The van der Waals surface area contributed by atoms with E-state index in [0.717, 1.165) is 17.4 Å². The third-order valence-corrected chi connectivity index (χ3v) is 4.93. The molecule has 1 aromatic carbocycles. The standard InChI is InChI=1S/C17H23NO/c1-11-3-5-14(12(2)7-11)10-17(19)18-16-9-13-4-6-15(16)8-13/h3,5,7,13,15-16H,4,6,8-10H2,1-2H3,(H,18,19)/t13-,15-,16-/m0/s1. The summed E-state index contributed by atoms with van der Waals surface area (Å²) >= 11 is 0. The second-order valence-electron chi connectivity index (χ2n) is 6.46. The molecule has 1 amide bonds. The Morgan fingerprint density at radius 3 is 2.74 bits per heavy atom. The lowest BCUT2D eigenvalue weighted by Gasteiger charge is -2.23. The molecule has 2 heteroatoms. The van der Waals surface area contributed by atoms with Crippen molar-refractivity contribution in [2.75, 3.05) is 0 Å². The summed E-state index contributed by atoms with van der Waals surface area (Å²) < 4.78 is 0. The normalized spacial score (nSPS) is 28.6. The van der Waals surface area contributed by atoms with Crippen molar-refractivity contribution >= 4 is 5.91 Å². The highest BCUT2D eigenvalue weighted by molar-refractivity contribution is 5.79. The zero-order chi connectivity index (χ0) is 13.4. The zero-order valence-electron chi connectivity index (χ0n) is 11.9. The van der Waals surface area contributed by atoms with Crippen LogP contribution in [-0.2, 0) is 11.2 Å². The number of aryl methyl sites for hydroxylation is 2. The largest absolute Gasteiger partial charge is 0.353 e. The molecule has 2 aliphatic rings. The highest BCUT2D eigenvalue weighted by Gasteiger charge is 2.39. The average Bonchev–Trinajstić information content (AvgIpc) is 2.95. The van der Waals surface area contributed by atoms with Crippen LogP contribution >= 0.6 is 0 Å². The number of fused-ring (bicyclic) bond motifs is 2. The maximum absolute atomic E-state index is 12.2. The van der Waals surface area contributed by atoms with Crippen molar-refractivity contribution in [1.82, 2.24) is 5.32 Å². The molecule has 19 heavy (non-hydrogen) atoms. The first-order chi connectivity index (χ1) is 9.11. The van der Waals surface area contributed by atoms with Crippen LogP contribution in [0.1, 0.15) is 42.4 Å². The number of hydrogen-bond donors (Lipinski definition) is 1. The Labute approximate surface area is 115 Å². The van der Waals surface area contributed by atoms with Gasteiger partial charge in [0.25, 0.3) is 0 Å². The minimum absolute atomic E-state index is 0.199. The van der Waals surface area contributed by atoms with Gasteiger partial charge in [0.2, 0.25) is 5.91 Å². The highest BCUT2D eigenvalue weighted by atomic mass is 16.1. The summed E-state index contributed by atoms with van der Waals surface area (Å²) in [5.41, 5.74) is 3.64. The molecule has 2 aliphatic carbocycles. The Hall–Kier alpha value is -1.31.